The molecule has 0 radical (unpaired) electrons. The minimum atomic E-state index is -0.586. The molecule has 3 aromatic rings. The standard InChI is InChI=1S/C29H35BFN5O3/c1-8-20-21(32-6)9-10-22(26(20)31)35-27-25-23(33-17-34-27)15-18(30-38-28(2,3)29(4,5)39-30)16-24(25)37-19-11-13-36(7)14-12-19/h8-10,15-17,19H,1,6,11-14H2,2-5,7H3,(H,33,34,35). The third-order valence-corrected chi connectivity index (χ3v) is 7.99. The molecule has 39 heavy (non-hydrogen) atoms. The molecule has 0 amide bonds. The van der Waals surface area contributed by atoms with Gasteiger partial charge in [-0.1, -0.05) is 12.7 Å². The Morgan fingerprint density at radius 2 is 1.85 bits per heavy atom. The SMILES string of the molecule is C=Cc1c(N=C)ccc(Nc2ncnc3cc(B4OC(C)(C)C(C)(C)O4)cc(OC4CCN(C)CC4)c23)c1F. The Labute approximate surface area is 229 Å². The lowest BCUT2D eigenvalue weighted by molar-refractivity contribution is 0.00578. The fourth-order valence-electron chi connectivity index (χ4n) is 4.90. The van der Waals surface area contributed by atoms with Crippen LogP contribution in [-0.2, 0) is 9.31 Å². The number of rotatable bonds is 7. The van der Waals surface area contributed by atoms with Crippen molar-refractivity contribution >= 4 is 53.5 Å². The number of halogens is 1. The molecule has 2 aliphatic heterocycles. The third kappa shape index (κ3) is 5.16. The van der Waals surface area contributed by atoms with E-state index in [1.54, 1.807) is 12.1 Å². The quantitative estimate of drug-likeness (QED) is 0.329. The van der Waals surface area contributed by atoms with Crippen LogP contribution in [0.15, 0.2) is 42.2 Å². The van der Waals surface area contributed by atoms with Crippen molar-refractivity contribution in [3.8, 4) is 5.75 Å². The number of benzene rings is 2. The second-order valence-electron chi connectivity index (χ2n) is 11.2. The van der Waals surface area contributed by atoms with Crippen LogP contribution in [0.1, 0.15) is 46.1 Å². The molecule has 10 heteroatoms. The van der Waals surface area contributed by atoms with E-state index >= 15 is 4.39 Å². The molecule has 204 valence electrons. The number of nitrogens with zero attached hydrogens (tertiary/aromatic N) is 4. The van der Waals surface area contributed by atoms with Crippen LogP contribution in [-0.4, -0.2) is 66.1 Å². The van der Waals surface area contributed by atoms with Gasteiger partial charge in [0.2, 0.25) is 0 Å². The zero-order valence-corrected chi connectivity index (χ0v) is 23.3. The number of ether oxygens (including phenoxy) is 1. The molecule has 0 bridgehead atoms. The van der Waals surface area contributed by atoms with E-state index in [1.807, 2.05) is 39.8 Å². The average Bonchev–Trinajstić information content (AvgIpc) is 3.12. The molecule has 0 aliphatic carbocycles. The lowest BCUT2D eigenvalue weighted by Crippen LogP contribution is -2.41. The van der Waals surface area contributed by atoms with Crippen LogP contribution < -0.4 is 15.5 Å². The first-order valence-electron chi connectivity index (χ1n) is 13.2. The number of anilines is 2. The summed E-state index contributed by atoms with van der Waals surface area (Å²) in [5.41, 5.74) is 1.36. The summed E-state index contributed by atoms with van der Waals surface area (Å²) in [5, 5.41) is 3.81. The van der Waals surface area contributed by atoms with Gasteiger partial charge < -0.3 is 24.3 Å². The van der Waals surface area contributed by atoms with Gasteiger partial charge in [0.15, 0.2) is 5.82 Å². The van der Waals surface area contributed by atoms with Gasteiger partial charge in [0.1, 0.15) is 24.0 Å². The van der Waals surface area contributed by atoms with Gasteiger partial charge in [0, 0.05) is 18.7 Å². The molecule has 0 unspecified atom stereocenters. The molecule has 1 aromatic heterocycles. The smallest absolute Gasteiger partial charge is 0.489 e. The highest BCUT2D eigenvalue weighted by Crippen LogP contribution is 2.39. The number of aliphatic imine (C=N–C) groups is 1. The topological polar surface area (TPSA) is 81.1 Å². The summed E-state index contributed by atoms with van der Waals surface area (Å²) in [4.78, 5) is 15.2. The van der Waals surface area contributed by atoms with Gasteiger partial charge in [-0.25, -0.2) is 14.4 Å². The molecule has 2 fully saturated rings. The highest BCUT2D eigenvalue weighted by Gasteiger charge is 2.52. The largest absolute Gasteiger partial charge is 0.495 e. The molecule has 2 aromatic carbocycles. The summed E-state index contributed by atoms with van der Waals surface area (Å²) in [6, 6.07) is 7.15. The zero-order valence-electron chi connectivity index (χ0n) is 23.3. The maximum Gasteiger partial charge on any atom is 0.495 e. The van der Waals surface area contributed by atoms with Crippen molar-refractivity contribution in [3.63, 3.8) is 0 Å². The molecule has 2 saturated heterocycles. The van der Waals surface area contributed by atoms with E-state index in [9.17, 15) is 0 Å². The van der Waals surface area contributed by atoms with Gasteiger partial charge in [-0.3, -0.25) is 4.99 Å². The lowest BCUT2D eigenvalue weighted by atomic mass is 9.78. The van der Waals surface area contributed by atoms with Crippen molar-refractivity contribution in [1.82, 2.24) is 14.9 Å². The van der Waals surface area contributed by atoms with Gasteiger partial charge in [-0.2, -0.15) is 0 Å². The van der Waals surface area contributed by atoms with Gasteiger partial charge in [-0.05, 0) is 84.0 Å². The Bertz CT molecular complexity index is 1410. The summed E-state index contributed by atoms with van der Waals surface area (Å²) in [6.07, 6.45) is 4.68. The summed E-state index contributed by atoms with van der Waals surface area (Å²) >= 11 is 0. The van der Waals surface area contributed by atoms with E-state index in [2.05, 4.69) is 45.5 Å². The van der Waals surface area contributed by atoms with Crippen LogP contribution in [0.2, 0.25) is 0 Å². The summed E-state index contributed by atoms with van der Waals surface area (Å²) in [5.74, 6) is 0.536. The van der Waals surface area contributed by atoms with Crippen molar-refractivity contribution in [2.75, 3.05) is 25.5 Å². The Balaban J connectivity index is 1.59. The van der Waals surface area contributed by atoms with Crippen LogP contribution in [0.4, 0.5) is 21.6 Å². The molecule has 8 nitrogen and oxygen atoms in total. The number of hydrogen-bond acceptors (Lipinski definition) is 8. The number of aromatic nitrogens is 2. The summed E-state index contributed by atoms with van der Waals surface area (Å²) in [6.45, 7) is 17.2. The second-order valence-corrected chi connectivity index (χ2v) is 11.2. The molecular weight excluding hydrogens is 496 g/mol. The van der Waals surface area contributed by atoms with Gasteiger partial charge in [0.25, 0.3) is 0 Å². The first-order valence-corrected chi connectivity index (χ1v) is 13.2. The number of nitrogens with one attached hydrogen (secondary N) is 1. The molecule has 0 atom stereocenters. The summed E-state index contributed by atoms with van der Waals surface area (Å²) in [7, 11) is 1.52. The van der Waals surface area contributed by atoms with E-state index in [0.29, 0.717) is 28.2 Å². The third-order valence-electron chi connectivity index (χ3n) is 7.99. The monoisotopic (exact) mass is 531 g/mol. The molecule has 3 heterocycles. The van der Waals surface area contributed by atoms with E-state index in [4.69, 9.17) is 14.0 Å². The van der Waals surface area contributed by atoms with Crippen molar-refractivity contribution in [3.05, 3.63) is 48.6 Å². The Hall–Kier alpha value is -3.34. The average molecular weight is 531 g/mol. The fourth-order valence-corrected chi connectivity index (χ4v) is 4.90. The fraction of sp³-hybridized carbons (Fsp3) is 0.414. The Kier molecular flexibility index (Phi) is 7.22. The Morgan fingerprint density at radius 1 is 1.15 bits per heavy atom. The lowest BCUT2D eigenvalue weighted by Gasteiger charge is -2.32. The van der Waals surface area contributed by atoms with Gasteiger partial charge in [0.05, 0.1) is 33.5 Å². The van der Waals surface area contributed by atoms with E-state index in [1.165, 1.54) is 12.4 Å². The van der Waals surface area contributed by atoms with Crippen LogP contribution in [0.25, 0.3) is 17.0 Å². The minimum absolute atomic E-state index is 0.0213. The molecule has 1 N–H and O–H groups in total. The van der Waals surface area contributed by atoms with E-state index < -0.39 is 24.1 Å². The molecule has 0 spiro atoms. The number of hydrogen-bond donors (Lipinski definition) is 1. The Morgan fingerprint density at radius 3 is 2.49 bits per heavy atom. The maximum atomic E-state index is 15.4. The van der Waals surface area contributed by atoms with Crippen LogP contribution >= 0.6 is 0 Å². The molecular formula is C29H35BFN5O3. The molecule has 5 rings (SSSR count). The second kappa shape index (κ2) is 10.3. The number of fused-ring (bicyclic) bond motifs is 1. The minimum Gasteiger partial charge on any atom is -0.489 e. The van der Waals surface area contributed by atoms with Crippen molar-refractivity contribution < 1.29 is 18.4 Å². The number of piperidine rings is 1. The maximum absolute atomic E-state index is 15.4. The highest BCUT2D eigenvalue weighted by molar-refractivity contribution is 6.62. The van der Waals surface area contributed by atoms with Crippen molar-refractivity contribution in [1.29, 1.82) is 0 Å². The van der Waals surface area contributed by atoms with E-state index in [0.717, 1.165) is 31.4 Å². The van der Waals surface area contributed by atoms with E-state index in [-0.39, 0.29) is 17.4 Å². The highest BCUT2D eigenvalue weighted by atomic mass is 19.1. The molecule has 2 aliphatic rings. The summed E-state index contributed by atoms with van der Waals surface area (Å²) < 4.78 is 34.7. The first kappa shape index (κ1) is 27.2. The number of likely N-dealkylation sites (tertiary alicyclic amines) is 1. The zero-order chi connectivity index (χ0) is 27.9. The van der Waals surface area contributed by atoms with Gasteiger partial charge in [-0.15, -0.1) is 0 Å². The van der Waals surface area contributed by atoms with Crippen LogP contribution in [0.3, 0.4) is 0 Å². The van der Waals surface area contributed by atoms with Crippen LogP contribution in [0, 0.1) is 5.82 Å². The van der Waals surface area contributed by atoms with Gasteiger partial charge >= 0.3 is 7.12 Å². The first-order chi connectivity index (χ1) is 18.5. The predicted octanol–water partition coefficient (Wildman–Crippen LogP) is 5.26. The van der Waals surface area contributed by atoms with Crippen LogP contribution in [0.5, 0.6) is 5.75 Å². The van der Waals surface area contributed by atoms with Crippen molar-refractivity contribution in [2.24, 2.45) is 4.99 Å². The van der Waals surface area contributed by atoms with Crippen molar-refractivity contribution in [2.45, 2.75) is 57.8 Å². The normalized spacial score (nSPS) is 19.3. The molecule has 0 saturated carbocycles. The predicted molar refractivity (Wildman–Crippen MR) is 155 cm³/mol.